The zero-order valence-electron chi connectivity index (χ0n) is 22.4. The summed E-state index contributed by atoms with van der Waals surface area (Å²) in [6.45, 7) is 3.59. The molecule has 13 heteroatoms. The number of carbonyl (C=O) groups is 2. The van der Waals surface area contributed by atoms with Crippen LogP contribution in [0.2, 0.25) is 0 Å². The number of halogens is 4. The first-order valence-corrected chi connectivity index (χ1v) is 13.6. The highest BCUT2D eigenvalue weighted by atomic mass is 28.1. The lowest BCUT2D eigenvalue weighted by Crippen LogP contribution is -2.40. The van der Waals surface area contributed by atoms with Crippen LogP contribution in [-0.2, 0) is 33.9 Å². The molecule has 41 heavy (non-hydrogen) atoms. The third-order valence-corrected chi connectivity index (χ3v) is 8.40. The van der Waals surface area contributed by atoms with Gasteiger partial charge in [-0.25, -0.2) is 14.2 Å². The minimum Gasteiger partial charge on any atom is -0.459 e. The number of aryl methyl sites for hydroxylation is 1. The molecule has 5 rings (SSSR count). The number of benzene rings is 1. The van der Waals surface area contributed by atoms with Crippen LogP contribution in [0.3, 0.4) is 0 Å². The Kier molecular flexibility index (Phi) is 7.31. The van der Waals surface area contributed by atoms with E-state index in [0.717, 1.165) is 6.92 Å². The van der Waals surface area contributed by atoms with Gasteiger partial charge in [-0.15, -0.1) is 0 Å². The first kappa shape index (κ1) is 28.9. The number of carbonyl (C=O) groups excluding carboxylic acids is 2. The van der Waals surface area contributed by atoms with Crippen molar-refractivity contribution in [2.45, 2.75) is 71.5 Å². The molecule has 3 radical (unpaired) electrons. The van der Waals surface area contributed by atoms with Crippen LogP contribution in [-0.4, -0.2) is 49.1 Å². The lowest BCUT2D eigenvalue weighted by atomic mass is 9.81. The second kappa shape index (κ2) is 10.4. The quantitative estimate of drug-likeness (QED) is 0.204. The van der Waals surface area contributed by atoms with E-state index in [1.165, 1.54) is 10.6 Å². The van der Waals surface area contributed by atoms with Crippen molar-refractivity contribution >= 4 is 38.2 Å². The highest BCUT2D eigenvalue weighted by Gasteiger charge is 2.43. The number of hydrogen-bond acceptors (Lipinski definition) is 6. The molecule has 8 nitrogen and oxygen atoms in total. The van der Waals surface area contributed by atoms with Gasteiger partial charge in [0.15, 0.2) is 6.10 Å². The number of nitrogens with zero attached hydrogens (tertiary/aromatic N) is 2. The summed E-state index contributed by atoms with van der Waals surface area (Å²) >= 11 is 0. The van der Waals surface area contributed by atoms with Gasteiger partial charge in [0, 0.05) is 17.0 Å². The number of amides is 1. The molecule has 0 fully saturated rings. The van der Waals surface area contributed by atoms with Gasteiger partial charge in [-0.05, 0) is 55.9 Å². The van der Waals surface area contributed by atoms with E-state index < -0.39 is 54.1 Å². The molecule has 0 bridgehead atoms. The Bertz CT molecular complexity index is 1670. The van der Waals surface area contributed by atoms with Gasteiger partial charge in [0.2, 0.25) is 5.91 Å². The fraction of sp³-hybridized carbons (Fsp3) is 0.429. The van der Waals surface area contributed by atoms with Crippen molar-refractivity contribution in [1.82, 2.24) is 14.9 Å². The molecule has 3 atom stereocenters. The monoisotopic (exact) mass is 588 g/mol. The van der Waals surface area contributed by atoms with Crippen LogP contribution in [0.15, 0.2) is 16.9 Å². The van der Waals surface area contributed by atoms with Crippen LogP contribution >= 0.6 is 0 Å². The number of pyridine rings is 2. The third kappa shape index (κ3) is 4.84. The van der Waals surface area contributed by atoms with Gasteiger partial charge in [-0.1, -0.05) is 12.1 Å². The largest absolute Gasteiger partial charge is 0.459 e. The molecule has 1 amide bonds. The number of hydrogen-bond donors (Lipinski definition) is 2. The summed E-state index contributed by atoms with van der Waals surface area (Å²) in [6.07, 6.45) is -5.37. The maximum absolute atomic E-state index is 14.9. The van der Waals surface area contributed by atoms with Crippen LogP contribution in [0.4, 0.5) is 17.6 Å². The molecule has 0 spiro atoms. The van der Waals surface area contributed by atoms with Crippen molar-refractivity contribution in [3.8, 4) is 11.4 Å². The molecule has 2 N–H and O–H groups in total. The molecular formula is C28H26F4N3O5Si. The van der Waals surface area contributed by atoms with Crippen molar-refractivity contribution in [2.24, 2.45) is 5.92 Å². The standard InChI is InChI=1S/C28H26F4N3O5Si/c1-4-20(36)27(39)40-10-15-21(41)8-19-24-14(9-35(19)26(15)38)23-17(34-25(37)12(3)28(30,31)32)6-5-13-11(2)16(29)7-18(33-24)22(13)23/h7-8,12,17,20,36H,4-6,9-10H2,1-3H3,(H,34,37)/t12-,17+,20-/m1/s1. The summed E-state index contributed by atoms with van der Waals surface area (Å²) in [7, 11) is 3.41. The second-order valence-corrected chi connectivity index (χ2v) is 11.0. The van der Waals surface area contributed by atoms with Gasteiger partial charge < -0.3 is 19.7 Å². The molecule has 0 saturated carbocycles. The molecule has 0 saturated heterocycles. The summed E-state index contributed by atoms with van der Waals surface area (Å²) in [4.78, 5) is 42.8. The van der Waals surface area contributed by atoms with E-state index in [0.29, 0.717) is 50.6 Å². The Morgan fingerprint density at radius 2 is 2.00 bits per heavy atom. The zero-order valence-corrected chi connectivity index (χ0v) is 23.4. The number of aliphatic hydroxyl groups excluding tert-OH is 1. The van der Waals surface area contributed by atoms with Gasteiger partial charge in [-0.2, -0.15) is 13.2 Å². The Morgan fingerprint density at radius 3 is 2.66 bits per heavy atom. The maximum Gasteiger partial charge on any atom is 0.400 e. The van der Waals surface area contributed by atoms with E-state index >= 15 is 0 Å². The van der Waals surface area contributed by atoms with Gasteiger partial charge in [0.1, 0.15) is 18.3 Å². The highest BCUT2D eigenvalue weighted by Crippen LogP contribution is 2.44. The minimum absolute atomic E-state index is 0.0101. The van der Waals surface area contributed by atoms with Crippen molar-refractivity contribution in [2.75, 3.05) is 0 Å². The van der Waals surface area contributed by atoms with E-state index in [1.807, 2.05) is 0 Å². The van der Waals surface area contributed by atoms with E-state index in [1.54, 1.807) is 19.9 Å². The van der Waals surface area contributed by atoms with Gasteiger partial charge in [0.05, 0.1) is 45.3 Å². The SMILES string of the molecule is CC[C@@H](O)C(=O)OCc1c([Si])cc2n(c1=O)Cc1c-2nc2cc(F)c(C)c3c2c1[C@@H](NC(=O)[C@@H](C)C(F)(F)F)CC3. The van der Waals surface area contributed by atoms with Gasteiger partial charge >= 0.3 is 12.1 Å². The second-order valence-electron chi connectivity index (χ2n) is 10.4. The molecule has 3 heterocycles. The molecular weight excluding hydrogens is 562 g/mol. The number of fused-ring (bicyclic) bond motifs is 4. The topological polar surface area (TPSA) is 111 Å². The van der Waals surface area contributed by atoms with Crippen molar-refractivity contribution in [3.63, 3.8) is 0 Å². The third-order valence-electron chi connectivity index (χ3n) is 7.95. The number of aromatic nitrogens is 2. The molecule has 1 aromatic carbocycles. The fourth-order valence-electron chi connectivity index (χ4n) is 5.48. The normalized spacial score (nSPS) is 17.1. The average molecular weight is 589 g/mol. The lowest BCUT2D eigenvalue weighted by Gasteiger charge is -2.30. The number of alkyl halides is 3. The van der Waals surface area contributed by atoms with Crippen molar-refractivity contribution in [1.29, 1.82) is 0 Å². The maximum atomic E-state index is 14.9. The van der Waals surface area contributed by atoms with Crippen LogP contribution in [0, 0.1) is 18.7 Å². The number of aliphatic hydroxyl groups is 1. The molecule has 2 aliphatic rings. The Balaban J connectivity index is 1.64. The first-order valence-electron chi connectivity index (χ1n) is 13.1. The van der Waals surface area contributed by atoms with Crippen LogP contribution in [0.1, 0.15) is 60.5 Å². The Labute approximate surface area is 235 Å². The Hall–Kier alpha value is -3.58. The average Bonchev–Trinajstić information content (AvgIpc) is 3.28. The summed E-state index contributed by atoms with van der Waals surface area (Å²) in [5.41, 5.74) is 2.68. The molecule has 1 aliphatic heterocycles. The fourth-order valence-corrected chi connectivity index (χ4v) is 5.80. The molecule has 215 valence electrons. The zero-order chi connectivity index (χ0) is 30.0. The molecule has 2 aromatic heterocycles. The predicted molar refractivity (Wildman–Crippen MR) is 141 cm³/mol. The first-order chi connectivity index (χ1) is 19.2. The number of ether oxygens (including phenoxy) is 1. The van der Waals surface area contributed by atoms with Crippen LogP contribution in [0.5, 0.6) is 0 Å². The summed E-state index contributed by atoms with van der Waals surface area (Å²) in [5, 5.41) is 13.1. The number of esters is 1. The molecule has 0 unspecified atom stereocenters. The van der Waals surface area contributed by atoms with Crippen LogP contribution < -0.4 is 16.1 Å². The lowest BCUT2D eigenvalue weighted by molar-refractivity contribution is -0.179. The minimum atomic E-state index is -4.73. The Morgan fingerprint density at radius 1 is 1.29 bits per heavy atom. The van der Waals surface area contributed by atoms with Crippen LogP contribution in [0.25, 0.3) is 22.3 Å². The summed E-state index contributed by atoms with van der Waals surface area (Å²) < 4.78 is 61.4. The van der Waals surface area contributed by atoms with E-state index in [2.05, 4.69) is 20.5 Å². The predicted octanol–water partition coefficient (Wildman–Crippen LogP) is 2.78. The van der Waals surface area contributed by atoms with Gasteiger partial charge in [-0.3, -0.25) is 9.59 Å². The number of rotatable bonds is 6. The number of nitrogens with one attached hydrogen (secondary N) is 1. The summed E-state index contributed by atoms with van der Waals surface area (Å²) in [5.74, 6) is -4.78. The van der Waals surface area contributed by atoms with E-state index in [-0.39, 0.29) is 30.5 Å². The van der Waals surface area contributed by atoms with Crippen molar-refractivity contribution < 1.29 is 37.0 Å². The van der Waals surface area contributed by atoms with Crippen molar-refractivity contribution in [3.05, 3.63) is 56.1 Å². The van der Waals surface area contributed by atoms with Gasteiger partial charge in [0.25, 0.3) is 5.56 Å². The van der Waals surface area contributed by atoms with E-state index in [4.69, 9.17) is 4.74 Å². The molecule has 3 aromatic rings. The molecule has 1 aliphatic carbocycles. The van der Waals surface area contributed by atoms with E-state index in [9.17, 15) is 37.1 Å². The summed E-state index contributed by atoms with van der Waals surface area (Å²) in [6, 6.07) is 2.03. The highest BCUT2D eigenvalue weighted by molar-refractivity contribution is 6.33. The smallest absolute Gasteiger partial charge is 0.400 e.